The van der Waals surface area contributed by atoms with Gasteiger partial charge in [0.25, 0.3) is 5.91 Å². The molecule has 0 radical (unpaired) electrons. The number of rotatable bonds is 4. The lowest BCUT2D eigenvalue weighted by atomic mass is 10.1. The Kier molecular flexibility index (Phi) is 5.63. The number of nitrogens with one attached hydrogen (secondary N) is 3. The van der Waals surface area contributed by atoms with E-state index in [1.54, 1.807) is 19.9 Å². The molecule has 6 heteroatoms. The van der Waals surface area contributed by atoms with Crippen LogP contribution in [-0.2, 0) is 6.42 Å². The molecule has 2 rings (SSSR count). The third kappa shape index (κ3) is 4.38. The Labute approximate surface area is 141 Å². The van der Waals surface area contributed by atoms with Gasteiger partial charge in [-0.15, -0.1) is 0 Å². The van der Waals surface area contributed by atoms with Crippen molar-refractivity contribution in [2.24, 2.45) is 0 Å². The Balaban J connectivity index is 1.86. The van der Waals surface area contributed by atoms with E-state index in [0.717, 1.165) is 12.0 Å². The van der Waals surface area contributed by atoms with Gasteiger partial charge >= 0.3 is 6.03 Å². The fraction of sp³-hybridized carbons (Fsp3) is 0.333. The Morgan fingerprint density at radius 2 is 1.79 bits per heavy atom. The van der Waals surface area contributed by atoms with Gasteiger partial charge in [-0.1, -0.05) is 31.2 Å². The van der Waals surface area contributed by atoms with Gasteiger partial charge in [0.05, 0.1) is 11.6 Å². The Morgan fingerprint density at radius 1 is 1.12 bits per heavy atom. The summed E-state index contributed by atoms with van der Waals surface area (Å²) in [6, 6.07) is 9.02. The van der Waals surface area contributed by atoms with Gasteiger partial charge in [-0.3, -0.25) is 10.2 Å². The first kappa shape index (κ1) is 17.6. The van der Waals surface area contributed by atoms with Crippen molar-refractivity contribution in [3.8, 4) is 0 Å². The zero-order valence-electron chi connectivity index (χ0n) is 14.4. The zero-order valence-corrected chi connectivity index (χ0v) is 14.4. The normalized spacial score (nSPS) is 11.7. The lowest BCUT2D eigenvalue weighted by molar-refractivity contribution is 0.0934. The predicted octanol–water partition coefficient (Wildman–Crippen LogP) is 3.16. The molecular formula is C18H23N3O3. The summed E-state index contributed by atoms with van der Waals surface area (Å²) in [7, 11) is 0. The smallest absolute Gasteiger partial charge is 0.333 e. The summed E-state index contributed by atoms with van der Waals surface area (Å²) in [6.45, 7) is 7.43. The maximum Gasteiger partial charge on any atom is 0.333 e. The van der Waals surface area contributed by atoms with Crippen molar-refractivity contribution in [3.63, 3.8) is 0 Å². The third-order valence-electron chi connectivity index (χ3n) is 3.81. The molecule has 0 saturated carbocycles. The SMILES string of the molecule is CCc1ccc(C(C)NC(=O)NNC(=O)c2cc(C)oc2C)cc1. The Morgan fingerprint density at radius 3 is 2.33 bits per heavy atom. The van der Waals surface area contributed by atoms with Crippen molar-refractivity contribution in [1.82, 2.24) is 16.2 Å². The fourth-order valence-corrected chi connectivity index (χ4v) is 2.40. The zero-order chi connectivity index (χ0) is 17.7. The number of urea groups is 1. The largest absolute Gasteiger partial charge is 0.466 e. The fourth-order valence-electron chi connectivity index (χ4n) is 2.40. The summed E-state index contributed by atoms with van der Waals surface area (Å²) in [4.78, 5) is 23.9. The first-order valence-electron chi connectivity index (χ1n) is 7.93. The quantitative estimate of drug-likeness (QED) is 0.753. The van der Waals surface area contributed by atoms with Crippen LogP contribution in [0.25, 0.3) is 0 Å². The Bertz CT molecular complexity index is 720. The van der Waals surface area contributed by atoms with E-state index < -0.39 is 11.9 Å². The van der Waals surface area contributed by atoms with E-state index in [0.29, 0.717) is 17.1 Å². The summed E-state index contributed by atoms with van der Waals surface area (Å²) in [5, 5.41) is 2.77. The lowest BCUT2D eigenvalue weighted by Crippen LogP contribution is -2.47. The molecule has 0 bridgehead atoms. The number of carbonyl (C=O) groups excluding carboxylic acids is 2. The number of hydrazine groups is 1. The molecule has 0 saturated heterocycles. The minimum atomic E-state index is -0.478. The third-order valence-corrected chi connectivity index (χ3v) is 3.81. The van der Waals surface area contributed by atoms with Gasteiger partial charge in [-0.2, -0.15) is 0 Å². The standard InChI is InChI=1S/C18H23N3O3/c1-5-14-6-8-15(9-7-14)12(3)19-18(23)21-20-17(22)16-10-11(2)24-13(16)4/h6-10,12H,5H2,1-4H3,(H,20,22)(H2,19,21,23). The van der Waals surface area contributed by atoms with E-state index in [-0.39, 0.29) is 6.04 Å². The highest BCUT2D eigenvalue weighted by atomic mass is 16.3. The lowest BCUT2D eigenvalue weighted by Gasteiger charge is -2.15. The second kappa shape index (κ2) is 7.68. The molecule has 1 atom stereocenters. The van der Waals surface area contributed by atoms with Crippen LogP contribution in [-0.4, -0.2) is 11.9 Å². The molecule has 1 heterocycles. The monoisotopic (exact) mass is 329 g/mol. The van der Waals surface area contributed by atoms with Crippen LogP contribution in [0.4, 0.5) is 4.79 Å². The molecule has 1 unspecified atom stereocenters. The molecule has 1 aromatic carbocycles. The van der Waals surface area contributed by atoms with Crippen LogP contribution in [0.3, 0.4) is 0 Å². The number of amides is 3. The molecule has 6 nitrogen and oxygen atoms in total. The number of hydrogen-bond donors (Lipinski definition) is 3. The highest BCUT2D eigenvalue weighted by molar-refractivity contribution is 5.96. The molecular weight excluding hydrogens is 306 g/mol. The average molecular weight is 329 g/mol. The number of benzene rings is 1. The van der Waals surface area contributed by atoms with E-state index >= 15 is 0 Å². The number of carbonyl (C=O) groups is 2. The van der Waals surface area contributed by atoms with E-state index in [2.05, 4.69) is 23.1 Å². The van der Waals surface area contributed by atoms with E-state index in [1.165, 1.54) is 5.56 Å². The van der Waals surface area contributed by atoms with Crippen LogP contribution >= 0.6 is 0 Å². The second-order valence-corrected chi connectivity index (χ2v) is 5.70. The second-order valence-electron chi connectivity index (χ2n) is 5.70. The average Bonchev–Trinajstić information content (AvgIpc) is 2.91. The summed E-state index contributed by atoms with van der Waals surface area (Å²) in [5.74, 6) is 0.738. The summed E-state index contributed by atoms with van der Waals surface area (Å²) < 4.78 is 5.29. The molecule has 1 aromatic heterocycles. The van der Waals surface area contributed by atoms with Crippen LogP contribution in [0.1, 0.15) is 52.9 Å². The van der Waals surface area contributed by atoms with Crippen molar-refractivity contribution in [2.45, 2.75) is 40.2 Å². The molecule has 2 aromatic rings. The van der Waals surface area contributed by atoms with E-state index in [9.17, 15) is 9.59 Å². The minimum absolute atomic E-state index is 0.175. The molecule has 0 aliphatic heterocycles. The predicted molar refractivity (Wildman–Crippen MR) is 91.6 cm³/mol. The highest BCUT2D eigenvalue weighted by Crippen LogP contribution is 2.14. The molecule has 0 aliphatic carbocycles. The first-order valence-corrected chi connectivity index (χ1v) is 7.93. The van der Waals surface area contributed by atoms with Crippen molar-refractivity contribution in [1.29, 1.82) is 0 Å². The van der Waals surface area contributed by atoms with Crippen LogP contribution in [0.2, 0.25) is 0 Å². The van der Waals surface area contributed by atoms with Crippen molar-refractivity contribution >= 4 is 11.9 Å². The van der Waals surface area contributed by atoms with Gasteiger partial charge in [-0.05, 0) is 44.4 Å². The molecule has 0 spiro atoms. The molecule has 0 fully saturated rings. The number of furan rings is 1. The van der Waals surface area contributed by atoms with Gasteiger partial charge in [0, 0.05) is 0 Å². The molecule has 0 aliphatic rings. The van der Waals surface area contributed by atoms with Gasteiger partial charge in [0.1, 0.15) is 11.5 Å². The summed E-state index contributed by atoms with van der Waals surface area (Å²) in [6.07, 6.45) is 0.974. The van der Waals surface area contributed by atoms with Crippen molar-refractivity contribution in [3.05, 3.63) is 58.5 Å². The van der Waals surface area contributed by atoms with Gasteiger partial charge in [0.15, 0.2) is 0 Å². The van der Waals surface area contributed by atoms with Crippen LogP contribution in [0.5, 0.6) is 0 Å². The molecule has 3 amide bonds. The first-order chi connectivity index (χ1) is 11.4. The van der Waals surface area contributed by atoms with Crippen LogP contribution < -0.4 is 16.2 Å². The topological polar surface area (TPSA) is 83.4 Å². The van der Waals surface area contributed by atoms with Gasteiger partial charge < -0.3 is 9.73 Å². The molecule has 128 valence electrons. The maximum absolute atomic E-state index is 12.0. The van der Waals surface area contributed by atoms with E-state index in [1.807, 2.05) is 31.2 Å². The van der Waals surface area contributed by atoms with Crippen molar-refractivity contribution in [2.75, 3.05) is 0 Å². The highest BCUT2D eigenvalue weighted by Gasteiger charge is 2.15. The van der Waals surface area contributed by atoms with Gasteiger partial charge in [0.2, 0.25) is 0 Å². The van der Waals surface area contributed by atoms with Crippen molar-refractivity contribution < 1.29 is 14.0 Å². The van der Waals surface area contributed by atoms with Crippen LogP contribution in [0, 0.1) is 13.8 Å². The number of aryl methyl sites for hydroxylation is 3. The minimum Gasteiger partial charge on any atom is -0.466 e. The van der Waals surface area contributed by atoms with E-state index in [4.69, 9.17) is 4.42 Å². The summed E-state index contributed by atoms with van der Waals surface area (Å²) in [5.41, 5.74) is 7.35. The molecule has 24 heavy (non-hydrogen) atoms. The summed E-state index contributed by atoms with van der Waals surface area (Å²) >= 11 is 0. The Hall–Kier alpha value is -2.76. The maximum atomic E-state index is 12.0. The van der Waals surface area contributed by atoms with Crippen LogP contribution in [0.15, 0.2) is 34.7 Å². The number of hydrogen-bond acceptors (Lipinski definition) is 3. The van der Waals surface area contributed by atoms with Gasteiger partial charge in [-0.25, -0.2) is 10.2 Å². The molecule has 3 N–H and O–H groups in total.